The van der Waals surface area contributed by atoms with Crippen LogP contribution in [0.2, 0.25) is 0 Å². The third-order valence-corrected chi connectivity index (χ3v) is 2.68. The number of carbonyl (C=O) groups is 1. The minimum Gasteiger partial charge on any atom is -0.465 e. The normalized spacial score (nSPS) is 12.2. The first-order valence-electron chi connectivity index (χ1n) is 4.42. The summed E-state index contributed by atoms with van der Waals surface area (Å²) >= 11 is 3.28. The molecule has 15 heavy (non-hydrogen) atoms. The van der Waals surface area contributed by atoms with Crippen LogP contribution in [0.15, 0.2) is 22.7 Å². The Morgan fingerprint density at radius 2 is 2.33 bits per heavy atom. The van der Waals surface area contributed by atoms with Crippen LogP contribution in [-0.2, 0) is 6.42 Å². The summed E-state index contributed by atoms with van der Waals surface area (Å²) in [5, 5.41) is 10.8. The average molecular weight is 276 g/mol. The molecular formula is C10H11BrFNO2. The van der Waals surface area contributed by atoms with Gasteiger partial charge in [-0.1, -0.05) is 15.9 Å². The first-order valence-corrected chi connectivity index (χ1v) is 5.21. The van der Waals surface area contributed by atoms with Gasteiger partial charge in [-0.25, -0.2) is 9.18 Å². The summed E-state index contributed by atoms with van der Waals surface area (Å²) < 4.78 is 13.7. The molecule has 3 nitrogen and oxygen atoms in total. The summed E-state index contributed by atoms with van der Waals surface area (Å²) in [6.07, 6.45) is -0.625. The maximum atomic E-state index is 12.9. The Kier molecular flexibility index (Phi) is 4.08. The molecule has 2 N–H and O–H groups in total. The summed E-state index contributed by atoms with van der Waals surface area (Å²) in [4.78, 5) is 10.4. The molecule has 0 fully saturated rings. The predicted octanol–water partition coefficient (Wildman–Crippen LogP) is 2.79. The summed E-state index contributed by atoms with van der Waals surface area (Å²) in [5.74, 6) is -0.323. The van der Waals surface area contributed by atoms with Gasteiger partial charge in [0.2, 0.25) is 0 Å². The van der Waals surface area contributed by atoms with Gasteiger partial charge in [0.1, 0.15) is 5.82 Å². The maximum Gasteiger partial charge on any atom is 0.404 e. The molecule has 0 aliphatic rings. The lowest BCUT2D eigenvalue weighted by molar-refractivity contribution is 0.190. The van der Waals surface area contributed by atoms with Crippen LogP contribution in [0.25, 0.3) is 0 Å². The number of carboxylic acid groups (broad SMARTS) is 1. The van der Waals surface area contributed by atoms with Gasteiger partial charge >= 0.3 is 6.09 Å². The lowest BCUT2D eigenvalue weighted by Gasteiger charge is -2.12. The smallest absolute Gasteiger partial charge is 0.404 e. The molecule has 5 heteroatoms. The van der Waals surface area contributed by atoms with Crippen molar-refractivity contribution in [3.05, 3.63) is 34.1 Å². The topological polar surface area (TPSA) is 49.3 Å². The fourth-order valence-corrected chi connectivity index (χ4v) is 1.70. The van der Waals surface area contributed by atoms with Crippen molar-refractivity contribution < 1.29 is 14.3 Å². The van der Waals surface area contributed by atoms with E-state index in [0.29, 0.717) is 6.42 Å². The van der Waals surface area contributed by atoms with Crippen LogP contribution >= 0.6 is 15.9 Å². The van der Waals surface area contributed by atoms with E-state index in [9.17, 15) is 9.18 Å². The highest BCUT2D eigenvalue weighted by atomic mass is 79.9. The lowest BCUT2D eigenvalue weighted by Crippen LogP contribution is -2.32. The van der Waals surface area contributed by atoms with Gasteiger partial charge < -0.3 is 10.4 Å². The Morgan fingerprint density at radius 3 is 2.93 bits per heavy atom. The van der Waals surface area contributed by atoms with Gasteiger partial charge in [-0.3, -0.25) is 0 Å². The molecule has 0 saturated heterocycles. The predicted molar refractivity (Wildman–Crippen MR) is 58.4 cm³/mol. The fourth-order valence-electron chi connectivity index (χ4n) is 1.29. The van der Waals surface area contributed by atoms with Crippen molar-refractivity contribution in [3.8, 4) is 0 Å². The third-order valence-electron chi connectivity index (χ3n) is 1.90. The molecule has 0 aromatic heterocycles. The number of hydrogen-bond donors (Lipinski definition) is 2. The van der Waals surface area contributed by atoms with Crippen LogP contribution in [-0.4, -0.2) is 17.2 Å². The molecule has 0 spiro atoms. The Morgan fingerprint density at radius 1 is 1.67 bits per heavy atom. The van der Waals surface area contributed by atoms with Crippen molar-refractivity contribution in [1.29, 1.82) is 0 Å². The molecule has 82 valence electrons. The van der Waals surface area contributed by atoms with Crippen LogP contribution in [0.5, 0.6) is 0 Å². The molecular weight excluding hydrogens is 265 g/mol. The van der Waals surface area contributed by atoms with E-state index in [0.717, 1.165) is 10.0 Å². The minimum atomic E-state index is -1.07. The Balaban J connectivity index is 2.71. The second-order valence-electron chi connectivity index (χ2n) is 3.29. The molecule has 0 heterocycles. The zero-order chi connectivity index (χ0) is 11.4. The monoisotopic (exact) mass is 275 g/mol. The Labute approximate surface area is 95.4 Å². The standard InChI is InChI=1S/C10H11BrFNO2/c1-6(13-10(14)15)4-7-5-8(12)2-3-9(7)11/h2-3,5-6,13H,4H2,1H3,(H,14,15). The van der Waals surface area contributed by atoms with Crippen molar-refractivity contribution in [3.63, 3.8) is 0 Å². The third kappa shape index (κ3) is 3.87. The molecule has 1 rings (SSSR count). The first-order chi connectivity index (χ1) is 6.99. The van der Waals surface area contributed by atoms with Crippen LogP contribution in [0.3, 0.4) is 0 Å². The maximum absolute atomic E-state index is 12.9. The Bertz CT molecular complexity index is 370. The second kappa shape index (κ2) is 5.11. The molecule has 1 aromatic carbocycles. The van der Waals surface area contributed by atoms with Gasteiger partial charge in [0, 0.05) is 10.5 Å². The molecule has 0 aliphatic carbocycles. The summed E-state index contributed by atoms with van der Waals surface area (Å²) in [6.45, 7) is 1.73. The quantitative estimate of drug-likeness (QED) is 0.891. The fraction of sp³-hybridized carbons (Fsp3) is 0.300. The summed E-state index contributed by atoms with van der Waals surface area (Å²) in [6, 6.07) is 4.10. The first kappa shape index (κ1) is 12.0. The second-order valence-corrected chi connectivity index (χ2v) is 4.14. The highest BCUT2D eigenvalue weighted by molar-refractivity contribution is 9.10. The van der Waals surface area contributed by atoms with Crippen molar-refractivity contribution in [2.75, 3.05) is 0 Å². The molecule has 0 radical (unpaired) electrons. The minimum absolute atomic E-state index is 0.249. The molecule has 1 atom stereocenters. The molecule has 0 aliphatic heterocycles. The molecule has 1 unspecified atom stereocenters. The van der Waals surface area contributed by atoms with Crippen molar-refractivity contribution in [1.82, 2.24) is 5.32 Å². The van der Waals surface area contributed by atoms with E-state index in [1.165, 1.54) is 12.1 Å². The van der Waals surface area contributed by atoms with Crippen LogP contribution in [0.4, 0.5) is 9.18 Å². The van der Waals surface area contributed by atoms with E-state index in [2.05, 4.69) is 21.2 Å². The lowest BCUT2D eigenvalue weighted by atomic mass is 10.1. The molecule has 0 saturated carbocycles. The molecule has 0 bridgehead atoms. The number of nitrogens with one attached hydrogen (secondary N) is 1. The Hall–Kier alpha value is -1.10. The largest absolute Gasteiger partial charge is 0.465 e. The SMILES string of the molecule is CC(Cc1cc(F)ccc1Br)NC(=O)O. The van der Waals surface area contributed by atoms with Gasteiger partial charge in [-0.2, -0.15) is 0 Å². The van der Waals surface area contributed by atoms with Crippen molar-refractivity contribution in [2.24, 2.45) is 0 Å². The van der Waals surface area contributed by atoms with E-state index in [4.69, 9.17) is 5.11 Å². The number of hydrogen-bond acceptors (Lipinski definition) is 1. The zero-order valence-corrected chi connectivity index (χ0v) is 9.71. The van der Waals surface area contributed by atoms with E-state index < -0.39 is 6.09 Å². The van der Waals surface area contributed by atoms with Crippen LogP contribution in [0, 0.1) is 5.82 Å². The number of rotatable bonds is 3. The summed E-state index contributed by atoms with van der Waals surface area (Å²) in [7, 11) is 0. The average Bonchev–Trinajstić information content (AvgIpc) is 2.10. The van der Waals surface area contributed by atoms with Crippen LogP contribution < -0.4 is 5.32 Å². The molecule has 1 amide bonds. The van der Waals surface area contributed by atoms with Crippen LogP contribution in [0.1, 0.15) is 12.5 Å². The van der Waals surface area contributed by atoms with Gasteiger partial charge in [-0.05, 0) is 37.1 Å². The van der Waals surface area contributed by atoms with E-state index in [1.54, 1.807) is 13.0 Å². The van der Waals surface area contributed by atoms with E-state index >= 15 is 0 Å². The number of amides is 1. The number of benzene rings is 1. The van der Waals surface area contributed by atoms with Gasteiger partial charge in [0.25, 0.3) is 0 Å². The number of halogens is 2. The van der Waals surface area contributed by atoms with E-state index in [1.807, 2.05) is 0 Å². The van der Waals surface area contributed by atoms with Gasteiger partial charge in [0.05, 0.1) is 0 Å². The van der Waals surface area contributed by atoms with Gasteiger partial charge in [-0.15, -0.1) is 0 Å². The van der Waals surface area contributed by atoms with Gasteiger partial charge in [0.15, 0.2) is 0 Å². The highest BCUT2D eigenvalue weighted by Gasteiger charge is 2.09. The van der Waals surface area contributed by atoms with Crippen molar-refractivity contribution >= 4 is 22.0 Å². The van der Waals surface area contributed by atoms with E-state index in [-0.39, 0.29) is 11.9 Å². The highest BCUT2D eigenvalue weighted by Crippen LogP contribution is 2.19. The van der Waals surface area contributed by atoms with Crippen molar-refractivity contribution in [2.45, 2.75) is 19.4 Å². The summed E-state index contributed by atoms with van der Waals surface area (Å²) in [5.41, 5.74) is 0.747. The molecule has 1 aromatic rings. The zero-order valence-electron chi connectivity index (χ0n) is 8.13.